The van der Waals surface area contributed by atoms with Crippen molar-refractivity contribution in [1.82, 2.24) is 19.5 Å². The van der Waals surface area contributed by atoms with Gasteiger partial charge in [-0.05, 0) is 54.6 Å². The van der Waals surface area contributed by atoms with Crippen LogP contribution in [0.2, 0.25) is 0 Å². The molecule has 0 atom stereocenters. The third-order valence-electron chi connectivity index (χ3n) is 9.85. The number of benzene rings is 7. The molecule has 11 aromatic rings. The molecule has 0 bridgehead atoms. The van der Waals surface area contributed by atoms with Crippen molar-refractivity contribution in [3.63, 3.8) is 0 Å². The van der Waals surface area contributed by atoms with E-state index in [-0.39, 0.29) is 0 Å². The fourth-order valence-corrected chi connectivity index (χ4v) is 7.50. The molecule has 6 heteroatoms. The lowest BCUT2D eigenvalue weighted by molar-refractivity contribution is 0.669. The molecular formula is C45H26N4O2. The first kappa shape index (κ1) is 27.9. The van der Waals surface area contributed by atoms with E-state index in [2.05, 4.69) is 89.5 Å². The minimum atomic E-state index is 0.546. The molecule has 4 heterocycles. The Balaban J connectivity index is 1.15. The van der Waals surface area contributed by atoms with Gasteiger partial charge in [0, 0.05) is 55.2 Å². The summed E-state index contributed by atoms with van der Waals surface area (Å²) in [6.07, 6.45) is 0. The Hall–Kier alpha value is -7.05. The van der Waals surface area contributed by atoms with E-state index >= 15 is 0 Å². The summed E-state index contributed by atoms with van der Waals surface area (Å²) in [6.45, 7) is 0. The Morgan fingerprint density at radius 2 is 1.04 bits per heavy atom. The molecule has 0 spiro atoms. The summed E-state index contributed by atoms with van der Waals surface area (Å²) in [5.41, 5.74) is 9.16. The molecule has 0 aliphatic heterocycles. The smallest absolute Gasteiger partial charge is 0.167 e. The lowest BCUT2D eigenvalue weighted by Crippen LogP contribution is -2.00. The van der Waals surface area contributed by atoms with E-state index in [4.69, 9.17) is 23.8 Å². The number of rotatable bonds is 4. The van der Waals surface area contributed by atoms with Gasteiger partial charge in [0.2, 0.25) is 0 Å². The van der Waals surface area contributed by atoms with Gasteiger partial charge in [0.15, 0.2) is 17.5 Å². The van der Waals surface area contributed by atoms with Crippen molar-refractivity contribution in [2.45, 2.75) is 0 Å². The zero-order chi connectivity index (χ0) is 33.5. The molecule has 0 fully saturated rings. The van der Waals surface area contributed by atoms with Gasteiger partial charge < -0.3 is 13.4 Å². The zero-order valence-electron chi connectivity index (χ0n) is 27.1. The van der Waals surface area contributed by atoms with Crippen LogP contribution in [0.4, 0.5) is 0 Å². The van der Waals surface area contributed by atoms with E-state index in [0.717, 1.165) is 77.3 Å². The summed E-state index contributed by atoms with van der Waals surface area (Å²) in [6, 6.07) is 53.9. The summed E-state index contributed by atoms with van der Waals surface area (Å²) in [4.78, 5) is 15.2. The number of para-hydroxylation sites is 4. The molecule has 6 nitrogen and oxygen atoms in total. The number of hydrogen-bond donors (Lipinski definition) is 0. The largest absolute Gasteiger partial charge is 0.456 e. The van der Waals surface area contributed by atoms with Gasteiger partial charge in [-0.1, -0.05) is 97.1 Å². The minimum absolute atomic E-state index is 0.546. The van der Waals surface area contributed by atoms with Crippen LogP contribution in [0.1, 0.15) is 0 Å². The Morgan fingerprint density at radius 1 is 0.373 bits per heavy atom. The summed E-state index contributed by atoms with van der Waals surface area (Å²) < 4.78 is 15.2. The predicted molar refractivity (Wildman–Crippen MR) is 205 cm³/mol. The molecule has 0 amide bonds. The molecule has 7 aromatic carbocycles. The second-order valence-corrected chi connectivity index (χ2v) is 12.8. The lowest BCUT2D eigenvalue weighted by Gasteiger charge is -2.09. The third kappa shape index (κ3) is 4.26. The predicted octanol–water partition coefficient (Wildman–Crippen LogP) is 11.8. The van der Waals surface area contributed by atoms with Gasteiger partial charge in [0.1, 0.15) is 22.3 Å². The van der Waals surface area contributed by atoms with Crippen molar-refractivity contribution in [3.8, 4) is 39.9 Å². The van der Waals surface area contributed by atoms with E-state index in [1.807, 2.05) is 72.8 Å². The molecule has 0 N–H and O–H groups in total. The van der Waals surface area contributed by atoms with Gasteiger partial charge in [-0.2, -0.15) is 0 Å². The van der Waals surface area contributed by atoms with Gasteiger partial charge in [-0.25, -0.2) is 15.0 Å². The van der Waals surface area contributed by atoms with Crippen molar-refractivity contribution in [2.24, 2.45) is 0 Å². The van der Waals surface area contributed by atoms with Gasteiger partial charge in [0.25, 0.3) is 0 Å². The number of furan rings is 2. The number of aromatic nitrogens is 4. The van der Waals surface area contributed by atoms with Crippen LogP contribution >= 0.6 is 0 Å². The molecule has 0 saturated carbocycles. The van der Waals surface area contributed by atoms with E-state index in [1.54, 1.807) is 0 Å². The van der Waals surface area contributed by atoms with Crippen LogP contribution in [0, 0.1) is 0 Å². The molecule has 0 unspecified atom stereocenters. The van der Waals surface area contributed by atoms with E-state index in [1.165, 1.54) is 10.8 Å². The molecule has 238 valence electrons. The van der Waals surface area contributed by atoms with E-state index in [9.17, 15) is 0 Å². The molecule has 0 aliphatic rings. The molecule has 11 rings (SSSR count). The zero-order valence-corrected chi connectivity index (χ0v) is 27.1. The highest BCUT2D eigenvalue weighted by Crippen LogP contribution is 2.41. The fraction of sp³-hybridized carbons (Fsp3) is 0. The molecule has 4 aromatic heterocycles. The van der Waals surface area contributed by atoms with Crippen LogP contribution in [-0.4, -0.2) is 19.5 Å². The van der Waals surface area contributed by atoms with Crippen LogP contribution in [0.5, 0.6) is 0 Å². The Bertz CT molecular complexity index is 3140. The van der Waals surface area contributed by atoms with Gasteiger partial charge in [-0.3, -0.25) is 0 Å². The number of nitrogens with zero attached hydrogens (tertiary/aromatic N) is 4. The Kier molecular flexibility index (Phi) is 5.86. The van der Waals surface area contributed by atoms with Crippen molar-refractivity contribution in [1.29, 1.82) is 0 Å². The maximum absolute atomic E-state index is 6.79. The Morgan fingerprint density at radius 3 is 1.90 bits per heavy atom. The van der Waals surface area contributed by atoms with Crippen LogP contribution in [0.3, 0.4) is 0 Å². The summed E-state index contributed by atoms with van der Waals surface area (Å²) in [5, 5.41) is 6.50. The minimum Gasteiger partial charge on any atom is -0.456 e. The standard InChI is InChI=1S/C45H26N4O2/c1-3-12-27(13-4-1)43-46-44(28-22-23-40-35(24-28)31-17-8-10-21-39(31)50-40)48-45(47-43)33-19-11-18-32-36-25-34-30-16-7-9-20-37(30)49(29-14-5-2-6-15-29)38(34)26-41(36)51-42(32)33/h1-26H. The second kappa shape index (κ2) is 10.7. The van der Waals surface area contributed by atoms with E-state index in [0.29, 0.717) is 17.5 Å². The molecular weight excluding hydrogens is 629 g/mol. The van der Waals surface area contributed by atoms with E-state index < -0.39 is 0 Å². The summed E-state index contributed by atoms with van der Waals surface area (Å²) in [7, 11) is 0. The average molecular weight is 655 g/mol. The Labute approximate surface area is 290 Å². The molecule has 51 heavy (non-hydrogen) atoms. The summed E-state index contributed by atoms with van der Waals surface area (Å²) >= 11 is 0. The molecule has 0 saturated heterocycles. The van der Waals surface area contributed by atoms with Crippen LogP contribution in [0.15, 0.2) is 167 Å². The highest BCUT2D eigenvalue weighted by atomic mass is 16.3. The van der Waals surface area contributed by atoms with Crippen molar-refractivity contribution < 1.29 is 8.83 Å². The van der Waals surface area contributed by atoms with Gasteiger partial charge in [-0.15, -0.1) is 0 Å². The number of hydrogen-bond acceptors (Lipinski definition) is 5. The monoisotopic (exact) mass is 654 g/mol. The van der Waals surface area contributed by atoms with Crippen molar-refractivity contribution >= 4 is 65.7 Å². The maximum Gasteiger partial charge on any atom is 0.167 e. The van der Waals surface area contributed by atoms with Crippen molar-refractivity contribution in [2.75, 3.05) is 0 Å². The summed E-state index contributed by atoms with van der Waals surface area (Å²) in [5.74, 6) is 1.72. The number of fused-ring (bicyclic) bond motifs is 9. The highest BCUT2D eigenvalue weighted by molar-refractivity contribution is 6.18. The maximum atomic E-state index is 6.79. The van der Waals surface area contributed by atoms with Gasteiger partial charge >= 0.3 is 0 Å². The quantitative estimate of drug-likeness (QED) is 0.189. The first-order valence-corrected chi connectivity index (χ1v) is 16.9. The first-order valence-electron chi connectivity index (χ1n) is 16.9. The third-order valence-corrected chi connectivity index (χ3v) is 9.85. The fourth-order valence-electron chi connectivity index (χ4n) is 7.50. The van der Waals surface area contributed by atoms with Crippen LogP contribution in [0.25, 0.3) is 106 Å². The first-order chi connectivity index (χ1) is 25.3. The SMILES string of the molecule is c1ccc(-c2nc(-c3ccc4oc5ccccc5c4c3)nc(-c3cccc4c3oc3cc5c(cc34)c3ccccc3n5-c3ccccc3)n2)cc1. The lowest BCUT2D eigenvalue weighted by atomic mass is 10.1. The molecule has 0 radical (unpaired) electrons. The molecule has 0 aliphatic carbocycles. The topological polar surface area (TPSA) is 69.9 Å². The second-order valence-electron chi connectivity index (χ2n) is 12.8. The highest BCUT2D eigenvalue weighted by Gasteiger charge is 2.21. The van der Waals surface area contributed by atoms with Crippen molar-refractivity contribution in [3.05, 3.63) is 158 Å². The van der Waals surface area contributed by atoms with Crippen LogP contribution < -0.4 is 0 Å². The normalized spacial score (nSPS) is 11.9. The average Bonchev–Trinajstić information content (AvgIpc) is 3.86. The van der Waals surface area contributed by atoms with Gasteiger partial charge in [0.05, 0.1) is 16.6 Å². The van der Waals surface area contributed by atoms with Crippen LogP contribution in [-0.2, 0) is 0 Å².